The van der Waals surface area contributed by atoms with Crippen molar-refractivity contribution in [3.63, 3.8) is 0 Å². The first kappa shape index (κ1) is 11.3. The number of alkyl halides is 2. The Hall–Kier alpha value is -0.740. The third-order valence-corrected chi connectivity index (χ3v) is 2.18. The van der Waals surface area contributed by atoms with E-state index in [4.69, 9.17) is 17.3 Å². The molecule has 1 aromatic carbocycles. The van der Waals surface area contributed by atoms with Gasteiger partial charge >= 0.3 is 0 Å². The molecule has 0 saturated heterocycles. The number of hydrogen-bond acceptors (Lipinski definition) is 1. The van der Waals surface area contributed by atoms with E-state index in [0.717, 1.165) is 19.1 Å². The zero-order valence-corrected chi connectivity index (χ0v) is 8.15. The Morgan fingerprint density at radius 3 is 2.43 bits per heavy atom. The third-order valence-electron chi connectivity index (χ3n) is 1.88. The van der Waals surface area contributed by atoms with E-state index in [2.05, 4.69) is 0 Å². The minimum Gasteiger partial charge on any atom is -0.323 e. The summed E-state index contributed by atoms with van der Waals surface area (Å²) in [6.07, 6.45) is 0. The van der Waals surface area contributed by atoms with Gasteiger partial charge in [0, 0.05) is 5.56 Å². The number of rotatable bonds is 2. The van der Waals surface area contributed by atoms with Gasteiger partial charge in [0.05, 0.1) is 11.1 Å². The highest BCUT2D eigenvalue weighted by Gasteiger charge is 2.36. The first-order valence-electron chi connectivity index (χ1n) is 3.94. The maximum atomic E-state index is 13.3. The highest BCUT2D eigenvalue weighted by Crippen LogP contribution is 2.32. The fourth-order valence-electron chi connectivity index (χ4n) is 0.966. The second-order valence-electron chi connectivity index (χ2n) is 3.04. The summed E-state index contributed by atoms with van der Waals surface area (Å²) in [6.45, 7) is 1.16. The summed E-state index contributed by atoms with van der Waals surface area (Å²) in [5.41, 5.74) is 4.62. The van der Waals surface area contributed by atoms with Gasteiger partial charge in [-0.25, -0.2) is 4.39 Å². The molecule has 0 heterocycles. The molecule has 0 fully saturated rings. The maximum absolute atomic E-state index is 13.3. The van der Waals surface area contributed by atoms with Crippen LogP contribution in [0, 0.1) is 5.82 Å². The maximum Gasteiger partial charge on any atom is 0.287 e. The second-order valence-corrected chi connectivity index (χ2v) is 3.45. The fourth-order valence-corrected chi connectivity index (χ4v) is 1.08. The van der Waals surface area contributed by atoms with Crippen molar-refractivity contribution in [2.75, 3.05) is 0 Å². The summed E-state index contributed by atoms with van der Waals surface area (Å²) in [7, 11) is 0. The van der Waals surface area contributed by atoms with E-state index in [1.165, 1.54) is 0 Å². The summed E-state index contributed by atoms with van der Waals surface area (Å²) >= 11 is 5.36. The van der Waals surface area contributed by atoms with E-state index in [1.54, 1.807) is 0 Å². The Balaban J connectivity index is 3.14. The van der Waals surface area contributed by atoms with Gasteiger partial charge in [-0.15, -0.1) is 0 Å². The van der Waals surface area contributed by atoms with Crippen molar-refractivity contribution < 1.29 is 13.2 Å². The summed E-state index contributed by atoms with van der Waals surface area (Å²) in [4.78, 5) is 0. The first-order valence-corrected chi connectivity index (χ1v) is 4.32. The van der Waals surface area contributed by atoms with Crippen molar-refractivity contribution >= 4 is 11.6 Å². The number of halogens is 4. The van der Waals surface area contributed by atoms with Crippen molar-refractivity contribution in [1.29, 1.82) is 0 Å². The largest absolute Gasteiger partial charge is 0.323 e. The van der Waals surface area contributed by atoms with Crippen LogP contribution in [0.3, 0.4) is 0 Å². The molecule has 0 aliphatic rings. The quantitative estimate of drug-likeness (QED) is 0.820. The zero-order chi connectivity index (χ0) is 10.9. The van der Waals surface area contributed by atoms with E-state index < -0.39 is 23.3 Å². The molecule has 0 bridgehead atoms. The molecule has 2 N–H and O–H groups in total. The Bertz CT molecular complexity index is 339. The van der Waals surface area contributed by atoms with Gasteiger partial charge in [0.1, 0.15) is 5.82 Å². The number of benzene rings is 1. The minimum absolute atomic E-state index is 0.186. The highest BCUT2D eigenvalue weighted by molar-refractivity contribution is 6.30. The lowest BCUT2D eigenvalue weighted by atomic mass is 10.0. The molecule has 0 saturated carbocycles. The second kappa shape index (κ2) is 3.79. The van der Waals surface area contributed by atoms with Crippen LogP contribution in [0.1, 0.15) is 12.5 Å². The van der Waals surface area contributed by atoms with Crippen molar-refractivity contribution in [3.8, 4) is 0 Å². The Kier molecular flexibility index (Phi) is 3.07. The Labute approximate surface area is 84.7 Å². The zero-order valence-electron chi connectivity index (χ0n) is 7.40. The van der Waals surface area contributed by atoms with Gasteiger partial charge in [-0.1, -0.05) is 17.7 Å². The summed E-state index contributed by atoms with van der Waals surface area (Å²) in [5, 5.41) is -0.186. The van der Waals surface area contributed by atoms with Gasteiger partial charge in [-0.2, -0.15) is 8.78 Å². The van der Waals surface area contributed by atoms with Gasteiger partial charge in [0.25, 0.3) is 5.92 Å². The van der Waals surface area contributed by atoms with Crippen LogP contribution in [0.5, 0.6) is 0 Å². The average Bonchev–Trinajstić information content (AvgIpc) is 2.09. The monoisotopic (exact) mass is 223 g/mol. The summed E-state index contributed by atoms with van der Waals surface area (Å²) in [5.74, 6) is -4.12. The average molecular weight is 224 g/mol. The molecule has 1 nitrogen and oxygen atoms in total. The van der Waals surface area contributed by atoms with E-state index in [1.807, 2.05) is 0 Å². The molecule has 5 heteroatoms. The minimum atomic E-state index is -3.24. The molecule has 0 spiro atoms. The Morgan fingerprint density at radius 1 is 1.43 bits per heavy atom. The van der Waals surface area contributed by atoms with Gasteiger partial charge in [-0.05, 0) is 19.1 Å². The summed E-state index contributed by atoms with van der Waals surface area (Å²) < 4.78 is 39.4. The predicted octanol–water partition coefficient (Wildman–Crippen LogP) is 2.92. The third kappa shape index (κ3) is 2.01. The van der Waals surface area contributed by atoms with Crippen LogP contribution in [0.4, 0.5) is 13.2 Å². The fraction of sp³-hybridized carbons (Fsp3) is 0.333. The van der Waals surface area contributed by atoms with Crippen LogP contribution >= 0.6 is 11.6 Å². The van der Waals surface area contributed by atoms with Crippen molar-refractivity contribution in [1.82, 2.24) is 0 Å². The SMILES string of the molecule is CC(N)C(F)(F)c1ccc(Cl)c(F)c1. The molecule has 78 valence electrons. The predicted molar refractivity (Wildman–Crippen MR) is 49.0 cm³/mol. The molecule has 1 rings (SSSR count). The van der Waals surface area contributed by atoms with Crippen molar-refractivity contribution in [2.45, 2.75) is 18.9 Å². The molecule has 1 unspecified atom stereocenters. The molecular formula is C9H9ClF3N. The summed E-state index contributed by atoms with van der Waals surface area (Å²) in [6, 6.07) is 1.48. The van der Waals surface area contributed by atoms with Gasteiger partial charge in [-0.3, -0.25) is 0 Å². The van der Waals surface area contributed by atoms with Gasteiger partial charge in [0.15, 0.2) is 0 Å². The van der Waals surface area contributed by atoms with E-state index in [0.29, 0.717) is 6.07 Å². The van der Waals surface area contributed by atoms with Gasteiger partial charge < -0.3 is 5.73 Å². The topological polar surface area (TPSA) is 26.0 Å². The lowest BCUT2D eigenvalue weighted by Gasteiger charge is -2.20. The van der Waals surface area contributed by atoms with Gasteiger partial charge in [0.2, 0.25) is 0 Å². The van der Waals surface area contributed by atoms with Crippen molar-refractivity contribution in [3.05, 3.63) is 34.6 Å². The molecule has 0 aliphatic carbocycles. The molecule has 0 aromatic heterocycles. The number of hydrogen-bond donors (Lipinski definition) is 1. The lowest BCUT2D eigenvalue weighted by molar-refractivity contribution is -0.0259. The smallest absolute Gasteiger partial charge is 0.287 e. The van der Waals surface area contributed by atoms with Crippen LogP contribution < -0.4 is 5.73 Å². The Morgan fingerprint density at radius 2 is 2.00 bits per heavy atom. The molecule has 1 aromatic rings. The van der Waals surface area contributed by atoms with Crippen LogP contribution in [-0.2, 0) is 5.92 Å². The molecule has 14 heavy (non-hydrogen) atoms. The van der Waals surface area contributed by atoms with E-state index in [-0.39, 0.29) is 5.02 Å². The van der Waals surface area contributed by atoms with Crippen molar-refractivity contribution in [2.24, 2.45) is 5.73 Å². The van der Waals surface area contributed by atoms with E-state index in [9.17, 15) is 13.2 Å². The van der Waals surface area contributed by atoms with Crippen LogP contribution in [0.15, 0.2) is 18.2 Å². The molecule has 1 atom stereocenters. The first-order chi connectivity index (χ1) is 6.35. The van der Waals surface area contributed by atoms with Crippen LogP contribution in [0.25, 0.3) is 0 Å². The molecular weight excluding hydrogens is 215 g/mol. The standard InChI is InChI=1S/C9H9ClF3N/c1-5(14)9(12,13)6-2-3-7(10)8(11)4-6/h2-5H,14H2,1H3. The van der Waals surface area contributed by atoms with Crippen LogP contribution in [-0.4, -0.2) is 6.04 Å². The molecule has 0 aliphatic heterocycles. The molecule has 0 amide bonds. The lowest BCUT2D eigenvalue weighted by Crippen LogP contribution is -2.35. The van der Waals surface area contributed by atoms with E-state index >= 15 is 0 Å². The highest BCUT2D eigenvalue weighted by atomic mass is 35.5. The molecule has 0 radical (unpaired) electrons. The normalized spacial score (nSPS) is 14.1. The van der Waals surface area contributed by atoms with Crippen LogP contribution in [0.2, 0.25) is 5.02 Å². The number of nitrogens with two attached hydrogens (primary N) is 1.